The fourth-order valence-electron chi connectivity index (χ4n) is 2.30. The van der Waals surface area contributed by atoms with Crippen molar-refractivity contribution in [1.82, 2.24) is 15.1 Å². The summed E-state index contributed by atoms with van der Waals surface area (Å²) in [7, 11) is 0. The molecule has 1 aromatic rings. The average Bonchev–Trinajstić information content (AvgIpc) is 2.74. The van der Waals surface area contributed by atoms with Crippen LogP contribution in [0, 0.1) is 5.41 Å². The molecule has 0 unspecified atom stereocenters. The Morgan fingerprint density at radius 2 is 2.22 bits per heavy atom. The Labute approximate surface area is 105 Å². The lowest BCUT2D eigenvalue weighted by Gasteiger charge is -2.40. The molecule has 1 fully saturated rings. The second-order valence-corrected chi connectivity index (χ2v) is 4.90. The summed E-state index contributed by atoms with van der Waals surface area (Å²) < 4.78 is 1.54. The van der Waals surface area contributed by atoms with Crippen molar-refractivity contribution >= 4 is 11.9 Å². The van der Waals surface area contributed by atoms with E-state index in [4.69, 9.17) is 5.11 Å². The molecule has 2 rings (SSSR count). The van der Waals surface area contributed by atoms with E-state index in [0.29, 0.717) is 6.54 Å². The molecule has 1 amide bonds. The van der Waals surface area contributed by atoms with Crippen LogP contribution in [-0.4, -0.2) is 33.3 Å². The van der Waals surface area contributed by atoms with Crippen LogP contribution in [0.5, 0.6) is 0 Å². The third-order valence-electron chi connectivity index (χ3n) is 3.47. The summed E-state index contributed by atoms with van der Waals surface area (Å²) in [4.78, 5) is 22.4. The SMILES string of the molecule is O=C(O)CC1(CNC(=O)Cn2cccn2)CCC1. The van der Waals surface area contributed by atoms with Crippen LogP contribution in [0.2, 0.25) is 0 Å². The molecule has 6 nitrogen and oxygen atoms in total. The monoisotopic (exact) mass is 251 g/mol. The summed E-state index contributed by atoms with van der Waals surface area (Å²) >= 11 is 0. The smallest absolute Gasteiger partial charge is 0.303 e. The molecular formula is C12H17N3O3. The number of carbonyl (C=O) groups excluding carboxylic acids is 1. The molecule has 0 spiro atoms. The van der Waals surface area contributed by atoms with Crippen LogP contribution in [0.15, 0.2) is 18.5 Å². The molecule has 1 saturated carbocycles. The number of hydrogen-bond donors (Lipinski definition) is 2. The van der Waals surface area contributed by atoms with Crippen molar-refractivity contribution in [1.29, 1.82) is 0 Å². The van der Waals surface area contributed by atoms with E-state index in [2.05, 4.69) is 10.4 Å². The first kappa shape index (κ1) is 12.6. The molecule has 1 heterocycles. The minimum absolute atomic E-state index is 0.129. The van der Waals surface area contributed by atoms with E-state index in [9.17, 15) is 9.59 Å². The van der Waals surface area contributed by atoms with Crippen molar-refractivity contribution in [2.24, 2.45) is 5.41 Å². The molecule has 1 aliphatic carbocycles. The molecule has 1 aromatic heterocycles. The van der Waals surface area contributed by atoms with Gasteiger partial charge in [-0.05, 0) is 24.3 Å². The molecule has 0 radical (unpaired) electrons. The van der Waals surface area contributed by atoms with Crippen molar-refractivity contribution < 1.29 is 14.7 Å². The largest absolute Gasteiger partial charge is 0.481 e. The molecular weight excluding hydrogens is 234 g/mol. The highest BCUT2D eigenvalue weighted by molar-refractivity contribution is 5.75. The molecule has 18 heavy (non-hydrogen) atoms. The van der Waals surface area contributed by atoms with Crippen LogP contribution in [0.4, 0.5) is 0 Å². The van der Waals surface area contributed by atoms with Crippen molar-refractivity contribution in [3.8, 4) is 0 Å². The van der Waals surface area contributed by atoms with E-state index < -0.39 is 5.97 Å². The summed E-state index contributed by atoms with van der Waals surface area (Å²) in [5.41, 5.74) is -0.231. The molecule has 1 aliphatic rings. The van der Waals surface area contributed by atoms with Gasteiger partial charge in [0.1, 0.15) is 6.54 Å². The van der Waals surface area contributed by atoms with Crippen LogP contribution >= 0.6 is 0 Å². The van der Waals surface area contributed by atoms with Crippen LogP contribution in [0.25, 0.3) is 0 Å². The van der Waals surface area contributed by atoms with Gasteiger partial charge in [-0.25, -0.2) is 0 Å². The predicted molar refractivity (Wildman–Crippen MR) is 63.8 cm³/mol. The molecule has 0 bridgehead atoms. The zero-order chi connectivity index (χ0) is 13.0. The fourth-order valence-corrected chi connectivity index (χ4v) is 2.30. The number of hydrogen-bond acceptors (Lipinski definition) is 3. The number of carboxylic acids is 1. The van der Waals surface area contributed by atoms with Gasteiger partial charge >= 0.3 is 5.97 Å². The maximum absolute atomic E-state index is 11.7. The zero-order valence-corrected chi connectivity index (χ0v) is 10.1. The molecule has 0 saturated heterocycles. The maximum Gasteiger partial charge on any atom is 0.303 e. The summed E-state index contributed by atoms with van der Waals surface area (Å²) in [5.74, 6) is -0.925. The number of nitrogens with zero attached hydrogens (tertiary/aromatic N) is 2. The van der Waals surface area contributed by atoms with Crippen molar-refractivity contribution in [2.45, 2.75) is 32.2 Å². The Kier molecular flexibility index (Phi) is 3.64. The summed E-state index contributed by atoms with van der Waals surface area (Å²) in [5, 5.41) is 15.6. The third kappa shape index (κ3) is 3.09. The summed E-state index contributed by atoms with van der Waals surface area (Å²) in [6.07, 6.45) is 6.27. The quantitative estimate of drug-likeness (QED) is 0.777. The van der Waals surface area contributed by atoms with Crippen LogP contribution in [-0.2, 0) is 16.1 Å². The van der Waals surface area contributed by atoms with Crippen LogP contribution in [0.1, 0.15) is 25.7 Å². The molecule has 0 aliphatic heterocycles. The maximum atomic E-state index is 11.7. The fraction of sp³-hybridized carbons (Fsp3) is 0.583. The number of amides is 1. The van der Waals surface area contributed by atoms with E-state index in [1.54, 1.807) is 23.1 Å². The second-order valence-electron chi connectivity index (χ2n) is 4.90. The predicted octanol–water partition coefficient (Wildman–Crippen LogP) is 0.644. The van der Waals surface area contributed by atoms with E-state index in [-0.39, 0.29) is 24.3 Å². The molecule has 6 heteroatoms. The topological polar surface area (TPSA) is 84.2 Å². The number of carbonyl (C=O) groups is 2. The molecule has 2 N–H and O–H groups in total. The van der Waals surface area contributed by atoms with Gasteiger partial charge in [0.2, 0.25) is 5.91 Å². The molecule has 0 atom stereocenters. The van der Waals surface area contributed by atoms with Gasteiger partial charge in [0.25, 0.3) is 0 Å². The summed E-state index contributed by atoms with van der Waals surface area (Å²) in [6, 6.07) is 1.76. The number of nitrogens with one attached hydrogen (secondary N) is 1. The standard InChI is InChI=1S/C12H17N3O3/c16-10(8-15-6-2-5-14-15)13-9-12(3-1-4-12)7-11(17)18/h2,5-6H,1,3-4,7-9H2,(H,13,16)(H,17,18). The van der Waals surface area contributed by atoms with Gasteiger partial charge in [-0.1, -0.05) is 6.42 Å². The minimum Gasteiger partial charge on any atom is -0.481 e. The van der Waals surface area contributed by atoms with Gasteiger partial charge in [0.05, 0.1) is 6.42 Å². The van der Waals surface area contributed by atoms with Gasteiger partial charge in [-0.2, -0.15) is 5.10 Å². The average molecular weight is 251 g/mol. The van der Waals surface area contributed by atoms with Gasteiger partial charge in [-0.15, -0.1) is 0 Å². The molecule has 0 aromatic carbocycles. The van der Waals surface area contributed by atoms with Gasteiger partial charge < -0.3 is 10.4 Å². The third-order valence-corrected chi connectivity index (χ3v) is 3.47. The van der Waals surface area contributed by atoms with Crippen molar-refractivity contribution in [3.05, 3.63) is 18.5 Å². The second kappa shape index (κ2) is 5.20. The van der Waals surface area contributed by atoms with Gasteiger partial charge in [0.15, 0.2) is 0 Å². The highest BCUT2D eigenvalue weighted by Gasteiger charge is 2.39. The van der Waals surface area contributed by atoms with E-state index >= 15 is 0 Å². The lowest BCUT2D eigenvalue weighted by molar-refractivity contribution is -0.141. The molecule has 98 valence electrons. The van der Waals surface area contributed by atoms with Crippen LogP contribution < -0.4 is 5.32 Å². The number of rotatable bonds is 6. The lowest BCUT2D eigenvalue weighted by Crippen LogP contribution is -2.44. The summed E-state index contributed by atoms with van der Waals surface area (Å²) in [6.45, 7) is 0.621. The van der Waals surface area contributed by atoms with E-state index in [1.807, 2.05) is 0 Å². The van der Waals surface area contributed by atoms with E-state index in [0.717, 1.165) is 19.3 Å². The normalized spacial score (nSPS) is 16.9. The Morgan fingerprint density at radius 3 is 2.72 bits per heavy atom. The zero-order valence-electron chi connectivity index (χ0n) is 10.1. The van der Waals surface area contributed by atoms with Crippen molar-refractivity contribution in [3.63, 3.8) is 0 Å². The highest BCUT2D eigenvalue weighted by Crippen LogP contribution is 2.43. The van der Waals surface area contributed by atoms with Gasteiger partial charge in [0, 0.05) is 18.9 Å². The van der Waals surface area contributed by atoms with Crippen LogP contribution in [0.3, 0.4) is 0 Å². The lowest BCUT2D eigenvalue weighted by atomic mass is 9.66. The highest BCUT2D eigenvalue weighted by atomic mass is 16.4. The number of aliphatic carboxylic acids is 1. The Balaban J connectivity index is 1.79. The Bertz CT molecular complexity index is 424. The van der Waals surface area contributed by atoms with Crippen molar-refractivity contribution in [2.75, 3.05) is 6.54 Å². The number of aromatic nitrogens is 2. The Morgan fingerprint density at radius 1 is 1.44 bits per heavy atom. The number of carboxylic acid groups (broad SMARTS) is 1. The first-order valence-electron chi connectivity index (χ1n) is 6.06. The Hall–Kier alpha value is -1.85. The first-order valence-corrected chi connectivity index (χ1v) is 6.06. The first-order chi connectivity index (χ1) is 8.60. The van der Waals surface area contributed by atoms with Gasteiger partial charge in [-0.3, -0.25) is 14.3 Å². The minimum atomic E-state index is -0.795. The van der Waals surface area contributed by atoms with E-state index in [1.165, 1.54) is 0 Å².